The summed E-state index contributed by atoms with van der Waals surface area (Å²) in [6.07, 6.45) is 0. The molecule has 0 bridgehead atoms. The molecule has 0 aromatic heterocycles. The average Bonchev–Trinajstić information content (AvgIpc) is 3.85. The minimum absolute atomic E-state index is 0.177. The van der Waals surface area contributed by atoms with Gasteiger partial charge in [0.25, 0.3) is 0 Å². The molecule has 1 heterocycles. The van der Waals surface area contributed by atoms with Gasteiger partial charge in [0.2, 0.25) is 0 Å². The first-order valence-corrected chi connectivity index (χ1v) is 21.5. The maximum absolute atomic E-state index is 5.71. The molecule has 2 nitrogen and oxygen atoms in total. The first-order chi connectivity index (χ1) is 30.7. The summed E-state index contributed by atoms with van der Waals surface area (Å²) in [5.74, 6) is 0.353. The lowest BCUT2D eigenvalue weighted by molar-refractivity contribution is 1.01. The van der Waals surface area contributed by atoms with Crippen LogP contribution >= 0.6 is 0 Å². The lowest BCUT2D eigenvalue weighted by atomic mass is 9.87. The molecule has 0 atom stereocenters. The molecule has 0 unspecified atom stereocenters. The zero-order valence-electron chi connectivity index (χ0n) is 33.8. The van der Waals surface area contributed by atoms with E-state index in [9.17, 15) is 0 Å². The van der Waals surface area contributed by atoms with E-state index in [1.165, 1.54) is 55.6 Å². The van der Waals surface area contributed by atoms with Crippen molar-refractivity contribution in [3.63, 3.8) is 0 Å². The Kier molecular flexibility index (Phi) is 7.77. The first-order valence-electron chi connectivity index (χ1n) is 21.5. The molecule has 10 aromatic rings. The Labute approximate surface area is 360 Å². The highest BCUT2D eigenvalue weighted by molar-refractivity contribution is 6.24. The molecular formula is C60H38N2. The van der Waals surface area contributed by atoms with Crippen molar-refractivity contribution in [2.24, 2.45) is 9.98 Å². The SMILES string of the molecule is c1ccc2c(c1)-c1ccccc1C2c1ccc(C2=Nc3cc4ccccc4cc3C(c3ccc(C4c5ccccc5-c5ccccc54)cc3)=Nc3cc4ccccc4cc32)cc1. The normalized spacial score (nSPS) is 13.9. The predicted molar refractivity (Wildman–Crippen MR) is 257 cm³/mol. The molecule has 0 fully saturated rings. The topological polar surface area (TPSA) is 24.7 Å². The Morgan fingerprint density at radius 2 is 0.548 bits per heavy atom. The summed E-state index contributed by atoms with van der Waals surface area (Å²) in [6, 6.07) is 79.9. The van der Waals surface area contributed by atoms with E-state index in [4.69, 9.17) is 9.98 Å². The number of fused-ring (bicyclic) bond motifs is 10. The number of rotatable bonds is 4. The lowest BCUT2D eigenvalue weighted by Crippen LogP contribution is -2.11. The van der Waals surface area contributed by atoms with E-state index in [0.717, 1.165) is 66.6 Å². The zero-order chi connectivity index (χ0) is 40.7. The third-order valence-electron chi connectivity index (χ3n) is 13.4. The number of aliphatic imine (C=N–C) groups is 2. The summed E-state index contributed by atoms with van der Waals surface area (Å²) in [5, 5.41) is 4.62. The largest absolute Gasteiger partial charge is 0.247 e. The van der Waals surface area contributed by atoms with Gasteiger partial charge in [-0.15, -0.1) is 0 Å². The molecule has 62 heavy (non-hydrogen) atoms. The summed E-state index contributed by atoms with van der Waals surface area (Å²) in [4.78, 5) is 11.4. The van der Waals surface area contributed by atoms with Gasteiger partial charge >= 0.3 is 0 Å². The van der Waals surface area contributed by atoms with Crippen LogP contribution in [0.2, 0.25) is 0 Å². The summed E-state index contributed by atoms with van der Waals surface area (Å²) in [7, 11) is 0. The highest BCUT2D eigenvalue weighted by Gasteiger charge is 2.31. The molecule has 3 aliphatic rings. The second-order valence-electron chi connectivity index (χ2n) is 16.8. The predicted octanol–water partition coefficient (Wildman–Crippen LogP) is 15.0. The van der Waals surface area contributed by atoms with Crippen molar-refractivity contribution in [1.82, 2.24) is 0 Å². The maximum atomic E-state index is 5.71. The second-order valence-corrected chi connectivity index (χ2v) is 16.8. The fourth-order valence-electron chi connectivity index (χ4n) is 10.5. The van der Waals surface area contributed by atoms with Crippen molar-refractivity contribution >= 4 is 44.3 Å². The second kappa shape index (κ2) is 13.8. The summed E-state index contributed by atoms with van der Waals surface area (Å²) >= 11 is 0. The van der Waals surface area contributed by atoms with Crippen LogP contribution in [0.3, 0.4) is 0 Å². The van der Waals surface area contributed by atoms with Crippen LogP contribution < -0.4 is 0 Å². The van der Waals surface area contributed by atoms with Crippen LogP contribution in [0.25, 0.3) is 43.8 Å². The van der Waals surface area contributed by atoms with Crippen LogP contribution in [0.15, 0.2) is 228 Å². The number of nitrogens with zero attached hydrogens (tertiary/aromatic N) is 2. The Morgan fingerprint density at radius 3 is 0.887 bits per heavy atom. The van der Waals surface area contributed by atoms with E-state index in [1.807, 2.05) is 0 Å². The minimum Gasteiger partial charge on any atom is -0.247 e. The highest BCUT2D eigenvalue weighted by Crippen LogP contribution is 2.49. The Balaban J connectivity index is 0.979. The van der Waals surface area contributed by atoms with Crippen molar-refractivity contribution in [1.29, 1.82) is 0 Å². The number of hydrogen-bond acceptors (Lipinski definition) is 2. The molecule has 10 aromatic carbocycles. The van der Waals surface area contributed by atoms with Gasteiger partial charge in [-0.1, -0.05) is 194 Å². The number of benzene rings is 10. The van der Waals surface area contributed by atoms with Crippen molar-refractivity contribution < 1.29 is 0 Å². The smallest absolute Gasteiger partial charge is 0.0803 e. The van der Waals surface area contributed by atoms with E-state index < -0.39 is 0 Å². The molecule has 288 valence electrons. The van der Waals surface area contributed by atoms with Gasteiger partial charge in [0.1, 0.15) is 0 Å². The van der Waals surface area contributed by atoms with E-state index in [0.29, 0.717) is 0 Å². The van der Waals surface area contributed by atoms with Crippen LogP contribution in [0.1, 0.15) is 67.5 Å². The fraction of sp³-hybridized carbons (Fsp3) is 0.0333. The standard InChI is InChI=1S/C60H38N2/c1-3-15-43-35-55-53(33-41(43)13-1)59(39-29-25-37(26-30-39)57-49-21-9-5-17-45(49)46-18-6-10-22-50(46)57)62-56-36-44-16-4-2-14-42(44)34-54(56)60(61-55)40-31-27-38(28-32-40)58-51-23-11-7-19-47(51)48-20-8-12-24-52(48)58/h1-36,57-58H. The molecule has 1 aliphatic heterocycles. The Hall–Kier alpha value is -7.94. The van der Waals surface area contributed by atoms with Gasteiger partial charge in [0.15, 0.2) is 0 Å². The van der Waals surface area contributed by atoms with Gasteiger partial charge in [-0.3, -0.25) is 0 Å². The first kappa shape index (κ1) is 34.9. The molecule has 0 saturated heterocycles. The highest BCUT2D eigenvalue weighted by atomic mass is 14.8. The fourth-order valence-corrected chi connectivity index (χ4v) is 10.5. The van der Waals surface area contributed by atoms with Crippen molar-refractivity contribution in [3.05, 3.63) is 274 Å². The van der Waals surface area contributed by atoms with E-state index in [1.54, 1.807) is 0 Å². The summed E-state index contributed by atoms with van der Waals surface area (Å²) in [6.45, 7) is 0. The molecule has 2 aliphatic carbocycles. The monoisotopic (exact) mass is 786 g/mol. The number of hydrogen-bond donors (Lipinski definition) is 0. The molecule has 0 spiro atoms. The molecule has 0 radical (unpaired) electrons. The van der Waals surface area contributed by atoms with Gasteiger partial charge in [-0.05, 0) is 101 Å². The maximum Gasteiger partial charge on any atom is 0.0803 e. The molecule has 2 heteroatoms. The Bertz CT molecular complexity index is 3190. The Morgan fingerprint density at radius 1 is 0.258 bits per heavy atom. The zero-order valence-corrected chi connectivity index (χ0v) is 33.8. The van der Waals surface area contributed by atoms with Crippen molar-refractivity contribution in [3.8, 4) is 22.3 Å². The van der Waals surface area contributed by atoms with Gasteiger partial charge in [-0.2, -0.15) is 0 Å². The van der Waals surface area contributed by atoms with Crippen molar-refractivity contribution in [2.75, 3.05) is 0 Å². The van der Waals surface area contributed by atoms with Crippen LogP contribution in [-0.4, -0.2) is 11.4 Å². The van der Waals surface area contributed by atoms with Gasteiger partial charge < -0.3 is 0 Å². The van der Waals surface area contributed by atoms with Crippen LogP contribution in [0, 0.1) is 0 Å². The van der Waals surface area contributed by atoms with Gasteiger partial charge in [-0.25, -0.2) is 9.98 Å². The summed E-state index contributed by atoms with van der Waals surface area (Å²) in [5.41, 5.74) is 21.1. The van der Waals surface area contributed by atoms with Crippen LogP contribution in [-0.2, 0) is 0 Å². The van der Waals surface area contributed by atoms with E-state index in [2.05, 4.69) is 218 Å². The third-order valence-corrected chi connectivity index (χ3v) is 13.4. The van der Waals surface area contributed by atoms with E-state index >= 15 is 0 Å². The van der Waals surface area contributed by atoms with Gasteiger partial charge in [0, 0.05) is 34.1 Å². The quantitative estimate of drug-likeness (QED) is 0.170. The lowest BCUT2D eigenvalue weighted by Gasteiger charge is -2.21. The summed E-state index contributed by atoms with van der Waals surface area (Å²) < 4.78 is 0. The van der Waals surface area contributed by atoms with Crippen molar-refractivity contribution in [2.45, 2.75) is 11.8 Å². The molecular weight excluding hydrogens is 749 g/mol. The van der Waals surface area contributed by atoms with E-state index in [-0.39, 0.29) is 11.8 Å². The molecule has 0 amide bonds. The van der Waals surface area contributed by atoms with Gasteiger partial charge in [0.05, 0.1) is 22.8 Å². The molecule has 13 rings (SSSR count). The average molecular weight is 787 g/mol. The van der Waals surface area contributed by atoms with Crippen LogP contribution in [0.4, 0.5) is 11.4 Å². The molecule has 0 saturated carbocycles. The molecule has 0 N–H and O–H groups in total. The third kappa shape index (κ3) is 5.43. The van der Waals surface area contributed by atoms with Crippen LogP contribution in [0.5, 0.6) is 0 Å². The minimum atomic E-state index is 0.177.